The Labute approximate surface area is 83.8 Å². The van der Waals surface area contributed by atoms with Crippen LogP contribution >= 0.6 is 0 Å². The minimum atomic E-state index is -4.26. The Hall–Kier alpha value is -0.180. The van der Waals surface area contributed by atoms with Gasteiger partial charge in [0.05, 0.1) is 11.0 Å². The van der Waals surface area contributed by atoms with Gasteiger partial charge in [-0.1, -0.05) is 13.8 Å². The highest BCUT2D eigenvalue weighted by atomic mass is 32.2. The summed E-state index contributed by atoms with van der Waals surface area (Å²) >= 11 is 0. The van der Waals surface area contributed by atoms with E-state index in [0.29, 0.717) is 0 Å². The average Bonchev–Trinajstić information content (AvgIpc) is 1.79. The van der Waals surface area contributed by atoms with Crippen LogP contribution in [0.15, 0.2) is 0 Å². The second-order valence-corrected chi connectivity index (χ2v) is 6.32. The van der Waals surface area contributed by atoms with E-state index in [1.807, 2.05) is 0 Å². The van der Waals surface area contributed by atoms with Crippen molar-refractivity contribution in [3.63, 3.8) is 0 Å². The lowest BCUT2D eigenvalue weighted by atomic mass is 10.1. The predicted octanol–water partition coefficient (Wildman–Crippen LogP) is 0.177. The van der Waals surface area contributed by atoms with Crippen LogP contribution in [0.4, 0.5) is 0 Å². The summed E-state index contributed by atoms with van der Waals surface area (Å²) in [5, 5.41) is -1.16. The molecule has 0 aliphatic carbocycles. The third kappa shape index (κ3) is 4.89. The fourth-order valence-corrected chi connectivity index (χ4v) is 3.47. The first kappa shape index (κ1) is 13.8. The molecule has 0 saturated heterocycles. The molecule has 0 heterocycles. The van der Waals surface area contributed by atoms with Crippen LogP contribution in [0.1, 0.15) is 20.3 Å². The highest BCUT2D eigenvalue weighted by Crippen LogP contribution is 2.16. The lowest BCUT2D eigenvalue weighted by molar-refractivity contribution is 0.428. The van der Waals surface area contributed by atoms with Gasteiger partial charge in [-0.2, -0.15) is 16.8 Å². The minimum Gasteiger partial charge on any atom is -0.286 e. The van der Waals surface area contributed by atoms with E-state index >= 15 is 0 Å². The molecule has 0 aromatic heterocycles. The van der Waals surface area contributed by atoms with E-state index in [2.05, 4.69) is 0 Å². The molecule has 0 rings (SSSR count). The molecule has 0 fully saturated rings. The molecule has 0 amide bonds. The van der Waals surface area contributed by atoms with Gasteiger partial charge in [0.1, 0.15) is 0 Å². The molecule has 2 N–H and O–H groups in total. The first-order valence-electron chi connectivity index (χ1n) is 3.99. The van der Waals surface area contributed by atoms with E-state index in [9.17, 15) is 16.8 Å². The molecular formula is C6H14O6S2. The highest BCUT2D eigenvalue weighted by molar-refractivity contribution is 7.87. The largest absolute Gasteiger partial charge is 0.286 e. The van der Waals surface area contributed by atoms with Crippen molar-refractivity contribution in [3.8, 4) is 0 Å². The van der Waals surface area contributed by atoms with Crippen molar-refractivity contribution in [1.29, 1.82) is 0 Å². The quantitative estimate of drug-likeness (QED) is 0.670. The van der Waals surface area contributed by atoms with Gasteiger partial charge in [-0.3, -0.25) is 9.11 Å². The van der Waals surface area contributed by atoms with Crippen molar-refractivity contribution in [2.24, 2.45) is 5.92 Å². The summed E-state index contributed by atoms with van der Waals surface area (Å²) in [7, 11) is -8.48. The van der Waals surface area contributed by atoms with Crippen molar-refractivity contribution >= 4 is 20.2 Å². The predicted molar refractivity (Wildman–Crippen MR) is 51.2 cm³/mol. The maximum atomic E-state index is 10.8. The van der Waals surface area contributed by atoms with E-state index in [1.54, 1.807) is 0 Å². The smallest absolute Gasteiger partial charge is 0.268 e. The summed E-state index contributed by atoms with van der Waals surface area (Å²) in [6.45, 7) is 2.86. The molecule has 2 unspecified atom stereocenters. The maximum Gasteiger partial charge on any atom is 0.268 e. The first-order chi connectivity index (χ1) is 6.08. The SMILES string of the molecule is CCC(C(C)CS(=O)(=O)O)S(=O)(=O)O. The Balaban J connectivity index is 4.75. The van der Waals surface area contributed by atoms with Crippen molar-refractivity contribution < 1.29 is 25.9 Å². The molecule has 14 heavy (non-hydrogen) atoms. The third-order valence-electron chi connectivity index (χ3n) is 1.89. The molecule has 8 heteroatoms. The van der Waals surface area contributed by atoms with Crippen LogP contribution in [0.25, 0.3) is 0 Å². The Bertz CT molecular complexity index is 367. The topological polar surface area (TPSA) is 109 Å². The Morgan fingerprint density at radius 1 is 1.14 bits per heavy atom. The summed E-state index contributed by atoms with van der Waals surface area (Å²) in [6.07, 6.45) is 0.0928. The molecule has 0 radical (unpaired) electrons. The molecule has 0 bridgehead atoms. The molecule has 0 aromatic rings. The second kappa shape index (κ2) is 4.56. The Morgan fingerprint density at radius 3 is 1.79 bits per heavy atom. The first-order valence-corrected chi connectivity index (χ1v) is 7.10. The second-order valence-electron chi connectivity index (χ2n) is 3.19. The molecule has 0 aliphatic heterocycles. The van der Waals surface area contributed by atoms with Gasteiger partial charge in [-0.15, -0.1) is 0 Å². The highest BCUT2D eigenvalue weighted by Gasteiger charge is 2.30. The summed E-state index contributed by atoms with van der Waals surface area (Å²) < 4.78 is 59.7. The summed E-state index contributed by atoms with van der Waals surface area (Å²) in [4.78, 5) is 0. The fourth-order valence-electron chi connectivity index (χ4n) is 1.35. The van der Waals surface area contributed by atoms with Crippen LogP contribution in [0.3, 0.4) is 0 Å². The zero-order chi connectivity index (χ0) is 11.6. The van der Waals surface area contributed by atoms with E-state index in [4.69, 9.17) is 9.11 Å². The lowest BCUT2D eigenvalue weighted by Gasteiger charge is -2.17. The van der Waals surface area contributed by atoms with Crippen LogP contribution in [0.5, 0.6) is 0 Å². The van der Waals surface area contributed by atoms with Crippen molar-refractivity contribution in [2.45, 2.75) is 25.5 Å². The van der Waals surface area contributed by atoms with Crippen molar-refractivity contribution in [3.05, 3.63) is 0 Å². The standard InChI is InChI=1S/C6H14O6S2/c1-3-6(14(10,11)12)5(2)4-13(7,8)9/h5-6H,3-4H2,1-2H3,(H,7,8,9)(H,10,11,12). The van der Waals surface area contributed by atoms with E-state index in [1.165, 1.54) is 13.8 Å². The normalized spacial score (nSPS) is 17.7. The molecule has 6 nitrogen and oxygen atoms in total. The summed E-state index contributed by atoms with van der Waals surface area (Å²) in [5.41, 5.74) is 0. The molecular weight excluding hydrogens is 232 g/mol. The van der Waals surface area contributed by atoms with Crippen LogP contribution in [0.2, 0.25) is 0 Å². The number of hydrogen-bond donors (Lipinski definition) is 2. The van der Waals surface area contributed by atoms with Crippen LogP contribution in [-0.4, -0.2) is 36.9 Å². The van der Waals surface area contributed by atoms with Crippen LogP contribution in [0, 0.1) is 5.92 Å². The number of rotatable bonds is 5. The zero-order valence-corrected chi connectivity index (χ0v) is 9.55. The molecule has 0 saturated carbocycles. The van der Waals surface area contributed by atoms with Gasteiger partial charge in [0.25, 0.3) is 20.2 Å². The zero-order valence-electron chi connectivity index (χ0n) is 7.91. The van der Waals surface area contributed by atoms with Gasteiger partial charge in [0, 0.05) is 0 Å². The van der Waals surface area contributed by atoms with Gasteiger partial charge in [-0.05, 0) is 12.3 Å². The summed E-state index contributed by atoms with van der Waals surface area (Å²) in [5.74, 6) is -1.52. The maximum absolute atomic E-state index is 10.8. The monoisotopic (exact) mass is 246 g/mol. The third-order valence-corrected chi connectivity index (χ3v) is 4.40. The van der Waals surface area contributed by atoms with Crippen molar-refractivity contribution in [2.75, 3.05) is 5.75 Å². The fraction of sp³-hybridized carbons (Fsp3) is 1.00. The van der Waals surface area contributed by atoms with Gasteiger partial charge >= 0.3 is 0 Å². The lowest BCUT2D eigenvalue weighted by Crippen LogP contribution is -2.31. The van der Waals surface area contributed by atoms with E-state index in [-0.39, 0.29) is 6.42 Å². The van der Waals surface area contributed by atoms with E-state index in [0.717, 1.165) is 0 Å². The molecule has 0 spiro atoms. The Morgan fingerprint density at radius 2 is 1.57 bits per heavy atom. The van der Waals surface area contributed by atoms with Gasteiger partial charge < -0.3 is 0 Å². The number of hydrogen-bond acceptors (Lipinski definition) is 4. The van der Waals surface area contributed by atoms with Crippen LogP contribution in [-0.2, 0) is 20.2 Å². The molecule has 0 aliphatic rings. The molecule has 86 valence electrons. The van der Waals surface area contributed by atoms with E-state index < -0.39 is 37.2 Å². The molecule has 2 atom stereocenters. The summed E-state index contributed by atoms with van der Waals surface area (Å²) in [6, 6.07) is 0. The van der Waals surface area contributed by atoms with Gasteiger partial charge in [0.15, 0.2) is 0 Å². The average molecular weight is 246 g/mol. The van der Waals surface area contributed by atoms with Crippen LogP contribution < -0.4 is 0 Å². The van der Waals surface area contributed by atoms with Crippen molar-refractivity contribution in [1.82, 2.24) is 0 Å². The van der Waals surface area contributed by atoms with Gasteiger partial charge in [-0.25, -0.2) is 0 Å². The molecule has 0 aromatic carbocycles. The Kier molecular flexibility index (Phi) is 4.50. The van der Waals surface area contributed by atoms with Gasteiger partial charge in [0.2, 0.25) is 0 Å². The minimum absolute atomic E-state index is 0.0928.